The van der Waals surface area contributed by atoms with E-state index in [1.807, 2.05) is 18.2 Å². The number of rotatable bonds is 7. The van der Waals surface area contributed by atoms with Gasteiger partial charge in [-0.25, -0.2) is 0 Å². The highest BCUT2D eigenvalue weighted by Gasteiger charge is 2.20. The SMILES string of the molecule is CC(C(=O)NCc1ccc2c(c1)OCO2)N(C)CC(=O)Nc1ccc(Cl)c(Cl)c1. The van der Waals surface area contributed by atoms with Crippen molar-refractivity contribution in [2.75, 3.05) is 25.7 Å². The van der Waals surface area contributed by atoms with Gasteiger partial charge in [0.25, 0.3) is 0 Å². The van der Waals surface area contributed by atoms with Crippen molar-refractivity contribution in [3.8, 4) is 11.5 Å². The molecule has 29 heavy (non-hydrogen) atoms. The summed E-state index contributed by atoms with van der Waals surface area (Å²) >= 11 is 11.8. The van der Waals surface area contributed by atoms with E-state index in [0.717, 1.165) is 5.56 Å². The number of anilines is 1. The summed E-state index contributed by atoms with van der Waals surface area (Å²) in [5, 5.41) is 6.37. The van der Waals surface area contributed by atoms with E-state index in [0.29, 0.717) is 33.8 Å². The maximum atomic E-state index is 12.4. The lowest BCUT2D eigenvalue weighted by Crippen LogP contribution is -2.45. The van der Waals surface area contributed by atoms with Crippen LogP contribution in [0.15, 0.2) is 36.4 Å². The smallest absolute Gasteiger partial charge is 0.238 e. The van der Waals surface area contributed by atoms with Gasteiger partial charge in [-0.2, -0.15) is 0 Å². The largest absolute Gasteiger partial charge is 0.454 e. The van der Waals surface area contributed by atoms with Crippen LogP contribution in [0.5, 0.6) is 11.5 Å². The molecule has 1 unspecified atom stereocenters. The topological polar surface area (TPSA) is 79.9 Å². The minimum atomic E-state index is -0.497. The quantitative estimate of drug-likeness (QED) is 0.694. The predicted octanol–water partition coefficient (Wildman–Crippen LogP) is 3.30. The first-order valence-corrected chi connectivity index (χ1v) is 9.70. The van der Waals surface area contributed by atoms with Crippen molar-refractivity contribution >= 4 is 40.7 Å². The summed E-state index contributed by atoms with van der Waals surface area (Å²) in [6, 6.07) is 9.86. The Bertz CT molecular complexity index is 923. The van der Waals surface area contributed by atoms with Gasteiger partial charge in [-0.1, -0.05) is 29.3 Å². The lowest BCUT2D eigenvalue weighted by atomic mass is 10.2. The Balaban J connectivity index is 1.48. The number of benzene rings is 2. The molecule has 0 saturated carbocycles. The highest BCUT2D eigenvalue weighted by molar-refractivity contribution is 6.42. The average Bonchev–Trinajstić information content (AvgIpc) is 3.16. The summed E-state index contributed by atoms with van der Waals surface area (Å²) in [5.41, 5.74) is 1.44. The molecule has 0 saturated heterocycles. The summed E-state index contributed by atoms with van der Waals surface area (Å²) < 4.78 is 10.6. The zero-order valence-corrected chi connectivity index (χ0v) is 17.5. The zero-order valence-electron chi connectivity index (χ0n) is 16.0. The van der Waals surface area contributed by atoms with Crippen molar-refractivity contribution in [3.63, 3.8) is 0 Å². The third-order valence-corrected chi connectivity index (χ3v) is 5.28. The molecule has 0 radical (unpaired) electrons. The highest BCUT2D eigenvalue weighted by atomic mass is 35.5. The number of nitrogens with one attached hydrogen (secondary N) is 2. The van der Waals surface area contributed by atoms with Crippen LogP contribution in [-0.4, -0.2) is 43.1 Å². The molecular formula is C20H21Cl2N3O4. The average molecular weight is 438 g/mol. The molecule has 2 amide bonds. The summed E-state index contributed by atoms with van der Waals surface area (Å²) in [6.07, 6.45) is 0. The Morgan fingerprint density at radius 3 is 2.62 bits per heavy atom. The lowest BCUT2D eigenvalue weighted by Gasteiger charge is -2.23. The van der Waals surface area contributed by atoms with Crippen LogP contribution < -0.4 is 20.1 Å². The fourth-order valence-corrected chi connectivity index (χ4v) is 3.02. The second kappa shape index (κ2) is 9.35. The van der Waals surface area contributed by atoms with Gasteiger partial charge in [0.15, 0.2) is 11.5 Å². The third kappa shape index (κ3) is 5.53. The standard InChI is InChI=1S/C20H21Cl2N3O4/c1-12(20(27)23-9-13-3-6-17-18(7-13)29-11-28-17)25(2)10-19(26)24-14-4-5-15(21)16(22)8-14/h3-8,12H,9-11H2,1-2H3,(H,23,27)(H,24,26). The number of hydrogen-bond donors (Lipinski definition) is 2. The molecule has 0 bridgehead atoms. The van der Waals surface area contributed by atoms with E-state index >= 15 is 0 Å². The van der Waals surface area contributed by atoms with Crippen LogP contribution in [0.1, 0.15) is 12.5 Å². The van der Waals surface area contributed by atoms with E-state index < -0.39 is 6.04 Å². The molecule has 1 aliphatic rings. The molecule has 7 nitrogen and oxygen atoms in total. The number of carbonyl (C=O) groups is 2. The number of ether oxygens (including phenoxy) is 2. The number of hydrogen-bond acceptors (Lipinski definition) is 5. The molecule has 2 aromatic carbocycles. The molecular weight excluding hydrogens is 417 g/mol. The van der Waals surface area contributed by atoms with Crippen LogP contribution in [0.4, 0.5) is 5.69 Å². The third-order valence-electron chi connectivity index (χ3n) is 4.54. The predicted molar refractivity (Wildman–Crippen MR) is 112 cm³/mol. The van der Waals surface area contributed by atoms with Crippen molar-refractivity contribution in [1.29, 1.82) is 0 Å². The molecule has 0 aliphatic carbocycles. The first-order valence-electron chi connectivity index (χ1n) is 8.95. The first-order chi connectivity index (χ1) is 13.8. The van der Waals surface area contributed by atoms with Gasteiger partial charge < -0.3 is 20.1 Å². The van der Waals surface area contributed by atoms with E-state index in [1.54, 1.807) is 37.1 Å². The van der Waals surface area contributed by atoms with Crippen LogP contribution in [0.2, 0.25) is 10.0 Å². The van der Waals surface area contributed by atoms with Gasteiger partial charge in [-0.05, 0) is 49.9 Å². The minimum absolute atomic E-state index is 0.0405. The van der Waals surface area contributed by atoms with Crippen molar-refractivity contribution < 1.29 is 19.1 Å². The van der Waals surface area contributed by atoms with E-state index in [2.05, 4.69) is 10.6 Å². The Kier molecular flexibility index (Phi) is 6.84. The molecule has 1 atom stereocenters. The lowest BCUT2D eigenvalue weighted by molar-refractivity contribution is -0.126. The molecule has 2 N–H and O–H groups in total. The van der Waals surface area contributed by atoms with Gasteiger partial charge in [-0.3, -0.25) is 14.5 Å². The van der Waals surface area contributed by atoms with Gasteiger partial charge in [0.05, 0.1) is 22.6 Å². The summed E-state index contributed by atoms with van der Waals surface area (Å²) in [7, 11) is 1.71. The van der Waals surface area contributed by atoms with Crippen LogP contribution in [0.25, 0.3) is 0 Å². The highest BCUT2D eigenvalue weighted by Crippen LogP contribution is 2.32. The van der Waals surface area contributed by atoms with Crippen molar-refractivity contribution in [3.05, 3.63) is 52.0 Å². The summed E-state index contributed by atoms with van der Waals surface area (Å²) in [4.78, 5) is 26.3. The molecule has 0 spiro atoms. The van der Waals surface area contributed by atoms with Gasteiger partial charge in [0, 0.05) is 12.2 Å². The first kappa shape index (κ1) is 21.2. The summed E-state index contributed by atoms with van der Waals surface area (Å²) in [5.74, 6) is 0.913. The van der Waals surface area contributed by atoms with E-state index in [9.17, 15) is 9.59 Å². The van der Waals surface area contributed by atoms with E-state index in [1.165, 1.54) is 0 Å². The second-order valence-electron chi connectivity index (χ2n) is 6.67. The van der Waals surface area contributed by atoms with Crippen molar-refractivity contribution in [2.24, 2.45) is 0 Å². The van der Waals surface area contributed by atoms with E-state index in [4.69, 9.17) is 32.7 Å². The number of amides is 2. The zero-order chi connectivity index (χ0) is 21.0. The Morgan fingerprint density at radius 2 is 1.86 bits per heavy atom. The Labute approximate surface area is 178 Å². The van der Waals surface area contributed by atoms with Crippen LogP contribution in [0, 0.1) is 0 Å². The van der Waals surface area contributed by atoms with Gasteiger partial charge in [-0.15, -0.1) is 0 Å². The van der Waals surface area contributed by atoms with Gasteiger partial charge >= 0.3 is 0 Å². The normalized spacial score (nSPS) is 13.3. The van der Waals surface area contributed by atoms with Gasteiger partial charge in [0.2, 0.25) is 18.6 Å². The minimum Gasteiger partial charge on any atom is -0.454 e. The van der Waals surface area contributed by atoms with Crippen molar-refractivity contribution in [1.82, 2.24) is 10.2 Å². The number of fused-ring (bicyclic) bond motifs is 1. The fraction of sp³-hybridized carbons (Fsp3) is 0.300. The molecule has 9 heteroatoms. The van der Waals surface area contributed by atoms with Crippen LogP contribution in [-0.2, 0) is 16.1 Å². The van der Waals surface area contributed by atoms with Crippen LogP contribution >= 0.6 is 23.2 Å². The fourth-order valence-electron chi connectivity index (χ4n) is 2.73. The van der Waals surface area contributed by atoms with Gasteiger partial charge in [0.1, 0.15) is 0 Å². The van der Waals surface area contributed by atoms with Crippen LogP contribution in [0.3, 0.4) is 0 Å². The molecule has 1 heterocycles. The second-order valence-corrected chi connectivity index (χ2v) is 7.49. The molecule has 3 rings (SSSR count). The van der Waals surface area contributed by atoms with E-state index in [-0.39, 0.29) is 25.2 Å². The summed E-state index contributed by atoms with van der Waals surface area (Å²) in [6.45, 7) is 2.33. The molecule has 0 fully saturated rings. The Hall–Kier alpha value is -2.48. The molecule has 154 valence electrons. The maximum absolute atomic E-state index is 12.4. The Morgan fingerprint density at radius 1 is 1.10 bits per heavy atom. The number of nitrogens with zero attached hydrogens (tertiary/aromatic N) is 1. The number of likely N-dealkylation sites (N-methyl/N-ethyl adjacent to an activating group) is 1. The number of halogens is 2. The van der Waals surface area contributed by atoms with Crippen molar-refractivity contribution in [2.45, 2.75) is 19.5 Å². The molecule has 2 aromatic rings. The number of carbonyl (C=O) groups excluding carboxylic acids is 2. The molecule has 0 aromatic heterocycles. The maximum Gasteiger partial charge on any atom is 0.238 e. The monoisotopic (exact) mass is 437 g/mol. The molecule has 1 aliphatic heterocycles.